The van der Waals surface area contributed by atoms with Crippen LogP contribution in [0.3, 0.4) is 0 Å². The highest BCUT2D eigenvalue weighted by molar-refractivity contribution is 7.84. The number of nitrogens with zero attached hydrogens (tertiary/aromatic N) is 2. The lowest BCUT2D eigenvalue weighted by Crippen LogP contribution is -2.07. The maximum atomic E-state index is 13.7. The summed E-state index contributed by atoms with van der Waals surface area (Å²) < 4.78 is 27.7. The van der Waals surface area contributed by atoms with Gasteiger partial charge in [-0.05, 0) is 38.1 Å². The minimum absolute atomic E-state index is 0.177. The fourth-order valence-corrected chi connectivity index (χ4v) is 3.06. The van der Waals surface area contributed by atoms with E-state index in [1.54, 1.807) is 10.7 Å². The second kappa shape index (κ2) is 5.52. The molecule has 0 aliphatic heterocycles. The highest BCUT2D eigenvalue weighted by atomic mass is 32.2. The molecule has 1 aromatic carbocycles. The van der Waals surface area contributed by atoms with Crippen molar-refractivity contribution in [2.24, 2.45) is 0 Å². The smallest absolute Gasteiger partial charge is 0.141 e. The lowest BCUT2D eigenvalue weighted by molar-refractivity contribution is 0.594. The lowest BCUT2D eigenvalue weighted by atomic mass is 10.3. The number of halogens is 1. The summed E-state index contributed by atoms with van der Waals surface area (Å²) in [4.78, 5) is 0.177. The SMILES string of the molecule is CCn1nc(C)cc1CS(=O)c1ccc(N)cc1F. The molecule has 0 amide bonds. The van der Waals surface area contributed by atoms with Crippen molar-refractivity contribution in [1.82, 2.24) is 9.78 Å². The van der Waals surface area contributed by atoms with Gasteiger partial charge in [0.1, 0.15) is 5.82 Å². The van der Waals surface area contributed by atoms with E-state index in [2.05, 4.69) is 5.10 Å². The largest absolute Gasteiger partial charge is 0.399 e. The van der Waals surface area contributed by atoms with Gasteiger partial charge >= 0.3 is 0 Å². The summed E-state index contributed by atoms with van der Waals surface area (Å²) in [6.45, 7) is 4.54. The number of anilines is 1. The Hall–Kier alpha value is -1.69. The molecule has 0 bridgehead atoms. The summed E-state index contributed by atoms with van der Waals surface area (Å²) in [6.07, 6.45) is 0. The molecular weight excluding hydrogens is 265 g/mol. The Morgan fingerprint density at radius 1 is 1.42 bits per heavy atom. The van der Waals surface area contributed by atoms with Crippen molar-refractivity contribution in [3.8, 4) is 0 Å². The lowest BCUT2D eigenvalue weighted by Gasteiger charge is -2.06. The summed E-state index contributed by atoms with van der Waals surface area (Å²) >= 11 is 0. The Morgan fingerprint density at radius 2 is 2.16 bits per heavy atom. The van der Waals surface area contributed by atoms with Gasteiger partial charge in [-0.25, -0.2) is 4.39 Å². The second-order valence-corrected chi connectivity index (χ2v) is 5.69. The summed E-state index contributed by atoms with van der Waals surface area (Å²) in [5.41, 5.74) is 7.51. The number of benzene rings is 1. The van der Waals surface area contributed by atoms with Crippen molar-refractivity contribution in [3.05, 3.63) is 41.5 Å². The van der Waals surface area contributed by atoms with Gasteiger partial charge in [0.05, 0.1) is 32.8 Å². The van der Waals surface area contributed by atoms with Crippen LogP contribution in [0.4, 0.5) is 10.1 Å². The first-order valence-corrected chi connectivity index (χ1v) is 7.30. The van der Waals surface area contributed by atoms with Crippen LogP contribution in [-0.4, -0.2) is 14.0 Å². The number of aromatic nitrogens is 2. The van der Waals surface area contributed by atoms with Crippen LogP contribution in [-0.2, 0) is 23.1 Å². The van der Waals surface area contributed by atoms with E-state index < -0.39 is 16.6 Å². The molecule has 102 valence electrons. The number of hydrogen-bond donors (Lipinski definition) is 1. The second-order valence-electron chi connectivity index (χ2n) is 4.27. The Balaban J connectivity index is 2.25. The van der Waals surface area contributed by atoms with Gasteiger partial charge < -0.3 is 5.73 Å². The average Bonchev–Trinajstić information content (AvgIpc) is 2.69. The zero-order valence-electron chi connectivity index (χ0n) is 10.9. The molecule has 1 aromatic heterocycles. The number of hydrogen-bond acceptors (Lipinski definition) is 3. The van der Waals surface area contributed by atoms with Crippen LogP contribution in [0.2, 0.25) is 0 Å². The van der Waals surface area contributed by atoms with E-state index in [9.17, 15) is 8.60 Å². The zero-order chi connectivity index (χ0) is 14.0. The van der Waals surface area contributed by atoms with E-state index in [0.717, 1.165) is 11.4 Å². The Bertz CT molecular complexity index is 624. The highest BCUT2D eigenvalue weighted by Gasteiger charge is 2.14. The molecule has 0 fully saturated rings. The normalized spacial score (nSPS) is 12.6. The molecule has 2 rings (SSSR count). The third-order valence-corrected chi connectivity index (χ3v) is 4.14. The van der Waals surface area contributed by atoms with Crippen molar-refractivity contribution in [1.29, 1.82) is 0 Å². The molecule has 2 N–H and O–H groups in total. The summed E-state index contributed by atoms with van der Waals surface area (Å²) in [6, 6.07) is 6.09. The van der Waals surface area contributed by atoms with Gasteiger partial charge in [0.15, 0.2) is 0 Å². The summed E-state index contributed by atoms with van der Waals surface area (Å²) in [5.74, 6) is -0.284. The molecule has 0 saturated carbocycles. The Labute approximate surface area is 113 Å². The van der Waals surface area contributed by atoms with E-state index in [0.29, 0.717) is 12.2 Å². The standard InChI is InChI=1S/C13H16FN3OS/c1-3-17-11(6-9(2)16-17)8-19(18)13-5-4-10(15)7-12(13)14/h4-7H,3,8,15H2,1-2H3. The molecular formula is C13H16FN3OS. The molecule has 19 heavy (non-hydrogen) atoms. The van der Waals surface area contributed by atoms with Crippen molar-refractivity contribution in [2.75, 3.05) is 5.73 Å². The molecule has 0 spiro atoms. The fraction of sp³-hybridized carbons (Fsp3) is 0.308. The van der Waals surface area contributed by atoms with Crippen LogP contribution < -0.4 is 5.73 Å². The van der Waals surface area contributed by atoms with E-state index in [1.807, 2.05) is 19.9 Å². The maximum Gasteiger partial charge on any atom is 0.141 e. The van der Waals surface area contributed by atoms with Crippen molar-refractivity contribution >= 4 is 16.5 Å². The molecule has 2 aromatic rings. The van der Waals surface area contributed by atoms with E-state index in [-0.39, 0.29) is 10.6 Å². The Kier molecular flexibility index (Phi) is 3.99. The first-order chi connectivity index (χ1) is 9.01. The molecule has 1 unspecified atom stereocenters. The summed E-state index contributed by atoms with van der Waals surface area (Å²) in [5, 5.41) is 4.28. The van der Waals surface area contributed by atoms with E-state index >= 15 is 0 Å². The minimum atomic E-state index is -1.44. The minimum Gasteiger partial charge on any atom is -0.399 e. The van der Waals surface area contributed by atoms with Crippen LogP contribution in [0.15, 0.2) is 29.2 Å². The molecule has 0 aliphatic carbocycles. The van der Waals surface area contributed by atoms with Crippen LogP contribution in [0.5, 0.6) is 0 Å². The van der Waals surface area contributed by atoms with Gasteiger partial charge in [0.2, 0.25) is 0 Å². The van der Waals surface area contributed by atoms with Gasteiger partial charge in [-0.15, -0.1) is 0 Å². The van der Waals surface area contributed by atoms with Gasteiger partial charge in [-0.3, -0.25) is 8.89 Å². The Morgan fingerprint density at radius 3 is 2.79 bits per heavy atom. The number of nitrogens with two attached hydrogens (primary N) is 1. The van der Waals surface area contributed by atoms with Gasteiger partial charge in [-0.1, -0.05) is 0 Å². The molecule has 4 nitrogen and oxygen atoms in total. The predicted octanol–water partition coefficient (Wildman–Crippen LogP) is 2.24. The molecule has 0 aliphatic rings. The average molecular weight is 281 g/mol. The van der Waals surface area contributed by atoms with Crippen molar-refractivity contribution in [2.45, 2.75) is 31.0 Å². The number of aryl methyl sites for hydroxylation is 2. The third kappa shape index (κ3) is 3.01. The topological polar surface area (TPSA) is 60.9 Å². The zero-order valence-corrected chi connectivity index (χ0v) is 11.7. The first kappa shape index (κ1) is 13.7. The van der Waals surface area contributed by atoms with Crippen LogP contribution in [0.25, 0.3) is 0 Å². The van der Waals surface area contributed by atoms with Crippen molar-refractivity contribution < 1.29 is 8.60 Å². The number of nitrogen functional groups attached to an aromatic ring is 1. The molecule has 0 saturated heterocycles. The van der Waals surface area contributed by atoms with Crippen LogP contribution in [0.1, 0.15) is 18.3 Å². The molecule has 1 heterocycles. The first-order valence-electron chi connectivity index (χ1n) is 5.98. The molecule has 1 atom stereocenters. The quantitative estimate of drug-likeness (QED) is 0.874. The molecule has 6 heteroatoms. The fourth-order valence-electron chi connectivity index (χ4n) is 1.90. The van der Waals surface area contributed by atoms with Crippen LogP contribution in [0, 0.1) is 12.7 Å². The number of rotatable bonds is 4. The third-order valence-electron chi connectivity index (χ3n) is 2.77. The van der Waals surface area contributed by atoms with Gasteiger partial charge in [0, 0.05) is 12.2 Å². The molecule has 0 radical (unpaired) electrons. The van der Waals surface area contributed by atoms with Gasteiger partial charge in [0.25, 0.3) is 0 Å². The van der Waals surface area contributed by atoms with E-state index in [4.69, 9.17) is 5.73 Å². The van der Waals surface area contributed by atoms with Gasteiger partial charge in [-0.2, -0.15) is 5.10 Å². The van der Waals surface area contributed by atoms with Crippen molar-refractivity contribution in [3.63, 3.8) is 0 Å². The monoisotopic (exact) mass is 281 g/mol. The maximum absolute atomic E-state index is 13.7. The van der Waals surface area contributed by atoms with Crippen LogP contribution >= 0.6 is 0 Å². The summed E-state index contributed by atoms with van der Waals surface area (Å²) in [7, 11) is -1.44. The van der Waals surface area contributed by atoms with E-state index in [1.165, 1.54) is 12.1 Å². The highest BCUT2D eigenvalue weighted by Crippen LogP contribution is 2.19. The predicted molar refractivity (Wildman–Crippen MR) is 73.6 cm³/mol.